The summed E-state index contributed by atoms with van der Waals surface area (Å²) in [4.78, 5) is 3.25. The molecule has 2 aromatic rings. The maximum Gasteiger partial charge on any atom is 0.0457 e. The largest absolute Gasteiger partial charge is 0.361 e. The second kappa shape index (κ2) is 4.38. The Bertz CT molecular complexity index is 439. The summed E-state index contributed by atoms with van der Waals surface area (Å²) in [5.41, 5.74) is 2.50. The van der Waals surface area contributed by atoms with Gasteiger partial charge in [0.25, 0.3) is 0 Å². The van der Waals surface area contributed by atoms with Crippen LogP contribution in [-0.4, -0.2) is 11.5 Å². The number of rotatable bonds is 3. The van der Waals surface area contributed by atoms with E-state index in [0.29, 0.717) is 0 Å². The Kier molecular flexibility index (Phi) is 3.15. The van der Waals surface area contributed by atoms with E-state index in [-0.39, 0.29) is 0 Å². The zero-order valence-corrected chi connectivity index (χ0v) is 10.0. The molecule has 0 spiro atoms. The molecule has 1 aromatic heterocycles. The number of aromatic nitrogens is 1. The second-order valence-corrected chi connectivity index (χ2v) is 4.39. The predicted octanol–water partition coefficient (Wildman–Crippen LogP) is 2.91. The van der Waals surface area contributed by atoms with Crippen LogP contribution in [0.3, 0.4) is 0 Å². The van der Waals surface area contributed by atoms with E-state index in [1.807, 2.05) is 6.07 Å². The van der Waals surface area contributed by atoms with E-state index in [1.165, 1.54) is 16.5 Å². The van der Waals surface area contributed by atoms with Crippen molar-refractivity contribution in [3.8, 4) is 0 Å². The van der Waals surface area contributed by atoms with E-state index in [4.69, 9.17) is 0 Å². The van der Waals surface area contributed by atoms with Crippen LogP contribution < -0.4 is 4.72 Å². The van der Waals surface area contributed by atoms with Gasteiger partial charge < -0.3 is 4.98 Å². The molecule has 1 aromatic carbocycles. The molecule has 74 valence electrons. The van der Waals surface area contributed by atoms with Gasteiger partial charge >= 0.3 is 0 Å². The number of fused-ring (bicyclic) bond motifs is 1. The Labute approximate surface area is 96.8 Å². The van der Waals surface area contributed by atoms with Gasteiger partial charge in [-0.3, -0.25) is 4.72 Å². The van der Waals surface area contributed by atoms with Crippen LogP contribution in [0, 0.1) is 0 Å². The van der Waals surface area contributed by atoms with E-state index >= 15 is 0 Å². The maximum atomic E-state index is 3.98. The molecule has 14 heavy (non-hydrogen) atoms. The summed E-state index contributed by atoms with van der Waals surface area (Å²) in [6, 6.07) is 6.26. The van der Waals surface area contributed by atoms with Crippen LogP contribution >= 0.6 is 28.7 Å². The highest BCUT2D eigenvalue weighted by molar-refractivity contribution is 9.10. The summed E-state index contributed by atoms with van der Waals surface area (Å²) in [6.45, 7) is 0.878. The molecule has 0 fully saturated rings. The van der Waals surface area contributed by atoms with Crippen LogP contribution in [0.15, 0.2) is 28.9 Å². The standard InChI is InChI=1S/C10H11BrN2S/c11-8-1-2-10-9(5-8)7(6-12-10)3-4-13-14/h1-2,5-6,12-14H,3-4H2. The molecule has 0 saturated heterocycles. The molecule has 0 bridgehead atoms. The predicted molar refractivity (Wildman–Crippen MR) is 66.7 cm³/mol. The van der Waals surface area contributed by atoms with Crippen molar-refractivity contribution < 1.29 is 0 Å². The van der Waals surface area contributed by atoms with Crippen LogP contribution in [0.5, 0.6) is 0 Å². The molecule has 4 heteroatoms. The Morgan fingerprint density at radius 1 is 1.43 bits per heavy atom. The van der Waals surface area contributed by atoms with Gasteiger partial charge in [0, 0.05) is 28.1 Å². The fourth-order valence-electron chi connectivity index (χ4n) is 1.55. The number of hydrogen-bond donors (Lipinski definition) is 3. The van der Waals surface area contributed by atoms with Crippen LogP contribution in [0.2, 0.25) is 0 Å². The quantitative estimate of drug-likeness (QED) is 0.736. The molecule has 2 rings (SSSR count). The van der Waals surface area contributed by atoms with Crippen molar-refractivity contribution in [3.63, 3.8) is 0 Å². The van der Waals surface area contributed by atoms with E-state index < -0.39 is 0 Å². The maximum absolute atomic E-state index is 3.98. The highest BCUT2D eigenvalue weighted by Gasteiger charge is 2.02. The molecule has 2 N–H and O–H groups in total. The smallest absolute Gasteiger partial charge is 0.0457 e. The van der Waals surface area contributed by atoms with Crippen LogP contribution in [0.1, 0.15) is 5.56 Å². The minimum Gasteiger partial charge on any atom is -0.361 e. The fourth-order valence-corrected chi connectivity index (χ4v) is 2.02. The van der Waals surface area contributed by atoms with Gasteiger partial charge in [-0.15, -0.1) is 0 Å². The number of nitrogens with one attached hydrogen (secondary N) is 2. The molecule has 2 nitrogen and oxygen atoms in total. The Balaban J connectivity index is 2.40. The first-order chi connectivity index (χ1) is 6.81. The third-order valence-corrected chi connectivity index (χ3v) is 2.95. The van der Waals surface area contributed by atoms with Crippen molar-refractivity contribution in [2.45, 2.75) is 6.42 Å². The summed E-state index contributed by atoms with van der Waals surface area (Å²) < 4.78 is 3.97. The minimum absolute atomic E-state index is 0.878. The lowest BCUT2D eigenvalue weighted by Crippen LogP contribution is -2.03. The van der Waals surface area contributed by atoms with Crippen molar-refractivity contribution in [3.05, 3.63) is 34.4 Å². The summed E-state index contributed by atoms with van der Waals surface area (Å²) in [5.74, 6) is 0. The monoisotopic (exact) mass is 270 g/mol. The number of benzene rings is 1. The highest BCUT2D eigenvalue weighted by Crippen LogP contribution is 2.22. The van der Waals surface area contributed by atoms with E-state index in [1.54, 1.807) is 0 Å². The average Bonchev–Trinajstić information content (AvgIpc) is 2.57. The molecule has 0 saturated carbocycles. The molecule has 0 aliphatic rings. The minimum atomic E-state index is 0.878. The lowest BCUT2D eigenvalue weighted by Gasteiger charge is -1.98. The number of aromatic amines is 1. The van der Waals surface area contributed by atoms with E-state index in [9.17, 15) is 0 Å². The van der Waals surface area contributed by atoms with Gasteiger partial charge in [-0.25, -0.2) is 0 Å². The third-order valence-electron chi connectivity index (χ3n) is 2.24. The van der Waals surface area contributed by atoms with Gasteiger partial charge in [0.05, 0.1) is 0 Å². The summed E-state index contributed by atoms with van der Waals surface area (Å²) in [7, 11) is 0. The van der Waals surface area contributed by atoms with Crippen molar-refractivity contribution >= 4 is 39.6 Å². The summed E-state index contributed by atoms with van der Waals surface area (Å²) >= 11 is 7.45. The molecule has 0 aliphatic carbocycles. The van der Waals surface area contributed by atoms with Gasteiger partial charge in [-0.2, -0.15) is 0 Å². The number of thiol groups is 1. The van der Waals surface area contributed by atoms with Crippen molar-refractivity contribution in [1.29, 1.82) is 0 Å². The first-order valence-corrected chi connectivity index (χ1v) is 5.68. The summed E-state index contributed by atoms with van der Waals surface area (Å²) in [5, 5.41) is 1.28. The summed E-state index contributed by atoms with van der Waals surface area (Å²) in [6.07, 6.45) is 3.04. The molecular weight excluding hydrogens is 260 g/mol. The topological polar surface area (TPSA) is 27.8 Å². The Morgan fingerprint density at radius 2 is 2.29 bits per heavy atom. The molecule has 0 unspecified atom stereocenters. The molecule has 1 heterocycles. The van der Waals surface area contributed by atoms with Crippen molar-refractivity contribution in [2.75, 3.05) is 6.54 Å². The fraction of sp³-hybridized carbons (Fsp3) is 0.200. The lowest BCUT2D eigenvalue weighted by atomic mass is 10.1. The number of halogens is 1. The van der Waals surface area contributed by atoms with Crippen LogP contribution in [0.4, 0.5) is 0 Å². The number of hydrogen-bond acceptors (Lipinski definition) is 2. The molecule has 0 radical (unpaired) electrons. The third kappa shape index (κ3) is 1.97. The SMILES string of the molecule is SNCCc1c[nH]c2ccc(Br)cc12. The number of H-pyrrole nitrogens is 1. The van der Waals surface area contributed by atoms with E-state index in [2.05, 4.69) is 56.8 Å². The molecular formula is C10H11BrN2S. The van der Waals surface area contributed by atoms with Gasteiger partial charge in [0.1, 0.15) is 0 Å². The van der Waals surface area contributed by atoms with Gasteiger partial charge in [-0.1, -0.05) is 28.7 Å². The zero-order chi connectivity index (χ0) is 9.97. The average molecular weight is 271 g/mol. The second-order valence-electron chi connectivity index (χ2n) is 3.16. The van der Waals surface area contributed by atoms with Gasteiger partial charge in [0.15, 0.2) is 0 Å². The van der Waals surface area contributed by atoms with Crippen LogP contribution in [-0.2, 0) is 6.42 Å². The van der Waals surface area contributed by atoms with Crippen LogP contribution in [0.25, 0.3) is 10.9 Å². The zero-order valence-electron chi connectivity index (χ0n) is 7.55. The van der Waals surface area contributed by atoms with Crippen molar-refractivity contribution in [2.24, 2.45) is 0 Å². The first kappa shape index (κ1) is 10.1. The molecule has 0 aliphatic heterocycles. The molecule has 0 amide bonds. The first-order valence-electron chi connectivity index (χ1n) is 4.44. The lowest BCUT2D eigenvalue weighted by molar-refractivity contribution is 0.919. The highest BCUT2D eigenvalue weighted by atomic mass is 79.9. The van der Waals surface area contributed by atoms with Crippen molar-refractivity contribution in [1.82, 2.24) is 9.71 Å². The molecule has 0 atom stereocenters. The Morgan fingerprint density at radius 3 is 3.07 bits per heavy atom. The Hall–Kier alpha value is -0.450. The van der Waals surface area contributed by atoms with Gasteiger partial charge in [0.2, 0.25) is 0 Å². The van der Waals surface area contributed by atoms with Gasteiger partial charge in [-0.05, 0) is 30.2 Å². The van der Waals surface area contributed by atoms with E-state index in [0.717, 1.165) is 17.4 Å². The normalized spacial score (nSPS) is 11.0.